The molecule has 1 saturated carbocycles. The Kier molecular flexibility index (Phi) is 4.61. The molecule has 2 aliphatic heterocycles. The van der Waals surface area contributed by atoms with Crippen molar-refractivity contribution in [2.75, 3.05) is 6.54 Å². The van der Waals surface area contributed by atoms with Gasteiger partial charge in [-0.15, -0.1) is 0 Å². The van der Waals surface area contributed by atoms with E-state index in [0.717, 1.165) is 24.3 Å². The number of nitrogens with zero attached hydrogens (tertiary/aromatic N) is 1. The normalized spacial score (nSPS) is 30.0. The molecule has 2 atom stereocenters. The molecule has 1 aromatic rings. The molecule has 0 radical (unpaired) electrons. The number of hydrogen-bond acceptors (Lipinski definition) is 6. The van der Waals surface area contributed by atoms with Gasteiger partial charge < -0.3 is 20.5 Å². The van der Waals surface area contributed by atoms with Crippen LogP contribution >= 0.6 is 0 Å². The van der Waals surface area contributed by atoms with Gasteiger partial charge in [-0.25, -0.2) is 0 Å². The zero-order chi connectivity index (χ0) is 19.1. The lowest BCUT2D eigenvalue weighted by Crippen LogP contribution is -2.55. The Balaban J connectivity index is 1.48. The van der Waals surface area contributed by atoms with Crippen molar-refractivity contribution >= 4 is 17.7 Å². The number of rotatable bonds is 5. The van der Waals surface area contributed by atoms with Gasteiger partial charge in [-0.05, 0) is 50.4 Å². The molecule has 0 spiro atoms. The molecule has 1 saturated heterocycles. The quantitative estimate of drug-likeness (QED) is 0.645. The van der Waals surface area contributed by atoms with E-state index in [2.05, 4.69) is 17.6 Å². The van der Waals surface area contributed by atoms with E-state index in [1.807, 2.05) is 0 Å². The number of amides is 3. The van der Waals surface area contributed by atoms with E-state index in [0.29, 0.717) is 18.2 Å². The highest BCUT2D eigenvalue weighted by Gasteiger charge is 2.44. The number of ether oxygens (including phenoxy) is 1. The Morgan fingerprint density at radius 1 is 1.19 bits per heavy atom. The van der Waals surface area contributed by atoms with Gasteiger partial charge in [0.1, 0.15) is 24.1 Å². The van der Waals surface area contributed by atoms with E-state index in [9.17, 15) is 19.5 Å². The Hall–Kier alpha value is -2.45. The van der Waals surface area contributed by atoms with Crippen LogP contribution in [0.15, 0.2) is 18.2 Å². The van der Waals surface area contributed by atoms with Crippen molar-refractivity contribution in [1.82, 2.24) is 15.5 Å². The number of piperidine rings is 1. The van der Waals surface area contributed by atoms with E-state index in [-0.39, 0.29) is 23.7 Å². The van der Waals surface area contributed by atoms with E-state index in [4.69, 9.17) is 4.74 Å². The van der Waals surface area contributed by atoms with Gasteiger partial charge in [0.2, 0.25) is 5.91 Å². The first-order valence-corrected chi connectivity index (χ1v) is 9.38. The van der Waals surface area contributed by atoms with Crippen LogP contribution < -0.4 is 15.4 Å². The fraction of sp³-hybridized carbons (Fsp3) is 0.526. The van der Waals surface area contributed by atoms with Crippen molar-refractivity contribution in [1.29, 1.82) is 0 Å². The maximum Gasteiger partial charge on any atom is 0.262 e. The second kappa shape index (κ2) is 6.94. The molecule has 0 aromatic heterocycles. The average molecular weight is 373 g/mol. The first-order chi connectivity index (χ1) is 13.0. The molecule has 27 heavy (non-hydrogen) atoms. The summed E-state index contributed by atoms with van der Waals surface area (Å²) < 4.78 is 5.92. The minimum Gasteiger partial charge on any atom is -0.490 e. The monoisotopic (exact) mass is 373 g/mol. The molecule has 1 aliphatic carbocycles. The summed E-state index contributed by atoms with van der Waals surface area (Å²) in [7, 11) is 0. The fourth-order valence-corrected chi connectivity index (χ4v) is 3.93. The third-order valence-electron chi connectivity index (χ3n) is 5.42. The summed E-state index contributed by atoms with van der Waals surface area (Å²) in [4.78, 5) is 38.6. The van der Waals surface area contributed by atoms with E-state index in [1.165, 1.54) is 0 Å². The molecule has 3 aliphatic rings. The maximum absolute atomic E-state index is 12.8. The minimum atomic E-state index is -0.933. The summed E-state index contributed by atoms with van der Waals surface area (Å²) in [5.74, 6) is -0.922. The molecule has 144 valence electrons. The molecule has 4 rings (SSSR count). The number of carbonyl (C=O) groups is 3. The Labute approximate surface area is 156 Å². The summed E-state index contributed by atoms with van der Waals surface area (Å²) in [6.07, 6.45) is 1.53. The smallest absolute Gasteiger partial charge is 0.262 e. The van der Waals surface area contributed by atoms with Crippen LogP contribution in [0.5, 0.6) is 5.75 Å². The van der Waals surface area contributed by atoms with Crippen LogP contribution in [-0.2, 0) is 4.79 Å². The van der Waals surface area contributed by atoms with Gasteiger partial charge in [0.15, 0.2) is 0 Å². The summed E-state index contributed by atoms with van der Waals surface area (Å²) in [5.41, 5.74) is 0.546. The van der Waals surface area contributed by atoms with Crippen LogP contribution in [0.1, 0.15) is 53.3 Å². The van der Waals surface area contributed by atoms with Gasteiger partial charge in [0.25, 0.3) is 11.8 Å². The Morgan fingerprint density at radius 2 is 1.93 bits per heavy atom. The van der Waals surface area contributed by atoms with Gasteiger partial charge in [0.05, 0.1) is 11.1 Å². The zero-order valence-electron chi connectivity index (χ0n) is 15.1. The lowest BCUT2D eigenvalue weighted by Gasteiger charge is -2.35. The maximum atomic E-state index is 12.8. The molecule has 8 heteroatoms. The average Bonchev–Trinajstić information content (AvgIpc) is 2.84. The summed E-state index contributed by atoms with van der Waals surface area (Å²) in [6, 6.07) is 4.44. The van der Waals surface area contributed by atoms with E-state index < -0.39 is 30.0 Å². The van der Waals surface area contributed by atoms with Crippen LogP contribution in [0, 0.1) is 0 Å². The van der Waals surface area contributed by atoms with Gasteiger partial charge in [-0.2, -0.15) is 0 Å². The fourth-order valence-electron chi connectivity index (χ4n) is 3.93. The standard InChI is InChI=1S/C19H23N3O5/c1-2-20-10-7-12(8-10)27-11-3-4-13-14(9-11)19(26)22(18(13)25)15-5-6-16(23)21-17(15)24/h3-4,9-10,12,15-16,20,23H,2,5-8H2,1H3,(H,21,24)/t10-,12-,15?,16?. The van der Waals surface area contributed by atoms with Crippen LogP contribution in [0.25, 0.3) is 0 Å². The number of imide groups is 1. The van der Waals surface area contributed by atoms with Crippen LogP contribution in [0.3, 0.4) is 0 Å². The molecule has 1 aromatic carbocycles. The molecule has 8 nitrogen and oxygen atoms in total. The molecule has 2 unspecified atom stereocenters. The van der Waals surface area contributed by atoms with Crippen LogP contribution in [0.4, 0.5) is 0 Å². The number of fused-ring (bicyclic) bond motifs is 1. The van der Waals surface area contributed by atoms with Crippen LogP contribution in [0.2, 0.25) is 0 Å². The van der Waals surface area contributed by atoms with Crippen molar-refractivity contribution in [2.24, 2.45) is 0 Å². The van der Waals surface area contributed by atoms with E-state index in [1.54, 1.807) is 18.2 Å². The highest BCUT2D eigenvalue weighted by molar-refractivity contribution is 6.23. The number of aliphatic hydroxyl groups is 1. The number of benzene rings is 1. The SMILES string of the molecule is CCN[C@H]1C[C@H](Oc2ccc3c(c2)C(=O)N(C2CCC(O)NC2=O)C3=O)C1. The molecular formula is C19H23N3O5. The van der Waals surface area contributed by atoms with E-state index >= 15 is 0 Å². The number of hydrogen-bond donors (Lipinski definition) is 3. The minimum absolute atomic E-state index is 0.0982. The largest absolute Gasteiger partial charge is 0.490 e. The van der Waals surface area contributed by atoms with Crippen molar-refractivity contribution in [3.63, 3.8) is 0 Å². The molecule has 3 N–H and O–H groups in total. The summed E-state index contributed by atoms with van der Waals surface area (Å²) >= 11 is 0. The molecule has 3 amide bonds. The van der Waals surface area contributed by atoms with Crippen molar-refractivity contribution in [3.8, 4) is 5.75 Å². The Bertz CT molecular complexity index is 790. The molecular weight excluding hydrogens is 350 g/mol. The number of nitrogens with one attached hydrogen (secondary N) is 2. The number of aliphatic hydroxyl groups excluding tert-OH is 1. The van der Waals surface area contributed by atoms with Crippen molar-refractivity contribution in [2.45, 2.75) is 57.0 Å². The molecule has 2 fully saturated rings. The molecule has 2 heterocycles. The second-order valence-corrected chi connectivity index (χ2v) is 7.27. The predicted molar refractivity (Wildman–Crippen MR) is 95.2 cm³/mol. The second-order valence-electron chi connectivity index (χ2n) is 7.27. The summed E-state index contributed by atoms with van der Waals surface area (Å²) in [6.45, 7) is 2.99. The third kappa shape index (κ3) is 3.19. The van der Waals surface area contributed by atoms with Crippen molar-refractivity contribution in [3.05, 3.63) is 29.3 Å². The van der Waals surface area contributed by atoms with Crippen LogP contribution in [-0.4, -0.2) is 58.7 Å². The Morgan fingerprint density at radius 3 is 2.63 bits per heavy atom. The lowest BCUT2D eigenvalue weighted by atomic mass is 9.89. The third-order valence-corrected chi connectivity index (χ3v) is 5.42. The first-order valence-electron chi connectivity index (χ1n) is 9.38. The first kappa shape index (κ1) is 17.9. The summed E-state index contributed by atoms with van der Waals surface area (Å²) in [5, 5.41) is 15.2. The van der Waals surface area contributed by atoms with Gasteiger partial charge >= 0.3 is 0 Å². The van der Waals surface area contributed by atoms with Gasteiger partial charge in [0, 0.05) is 6.04 Å². The number of carbonyl (C=O) groups excluding carboxylic acids is 3. The van der Waals surface area contributed by atoms with Crippen molar-refractivity contribution < 1.29 is 24.2 Å². The topological polar surface area (TPSA) is 108 Å². The highest BCUT2D eigenvalue weighted by Crippen LogP contribution is 2.32. The lowest BCUT2D eigenvalue weighted by molar-refractivity contribution is -0.131. The zero-order valence-corrected chi connectivity index (χ0v) is 15.1. The van der Waals surface area contributed by atoms with Gasteiger partial charge in [-0.3, -0.25) is 19.3 Å². The van der Waals surface area contributed by atoms with Gasteiger partial charge in [-0.1, -0.05) is 6.92 Å². The highest BCUT2D eigenvalue weighted by atomic mass is 16.5. The molecule has 0 bridgehead atoms. The predicted octanol–water partition coefficient (Wildman–Crippen LogP) is 0.399.